The second kappa shape index (κ2) is 5.83. The predicted molar refractivity (Wildman–Crippen MR) is 74.6 cm³/mol. The van der Waals surface area contributed by atoms with Gasteiger partial charge in [0.05, 0.1) is 12.2 Å². The Morgan fingerprint density at radius 1 is 1.28 bits per heavy atom. The van der Waals surface area contributed by atoms with Gasteiger partial charge in [-0.1, -0.05) is 24.3 Å². The van der Waals surface area contributed by atoms with E-state index >= 15 is 0 Å². The highest BCUT2D eigenvalue weighted by Crippen LogP contribution is 2.18. The van der Waals surface area contributed by atoms with Crippen molar-refractivity contribution in [2.24, 2.45) is 5.73 Å². The maximum atomic E-state index is 6.34. The van der Waals surface area contributed by atoms with Crippen molar-refractivity contribution in [3.8, 4) is 0 Å². The number of benzene rings is 1. The summed E-state index contributed by atoms with van der Waals surface area (Å²) in [4.78, 5) is 2.41. The summed E-state index contributed by atoms with van der Waals surface area (Å²) >= 11 is 0. The van der Waals surface area contributed by atoms with Gasteiger partial charge in [-0.25, -0.2) is 0 Å². The highest BCUT2D eigenvalue weighted by Gasteiger charge is 2.24. The monoisotopic (exact) mass is 248 g/mol. The number of nitrogens with zero attached hydrogens (tertiary/aromatic N) is 1. The standard InChI is InChI=1S/C15H24N2O/c1-11-6-4-5-7-14(11)15(16)10-17-8-12(2)18-13(3)9-17/h4-7,12-13,15H,8-10,16H2,1-3H3. The summed E-state index contributed by atoms with van der Waals surface area (Å²) in [5.74, 6) is 0. The summed E-state index contributed by atoms with van der Waals surface area (Å²) in [5, 5.41) is 0. The molecule has 0 radical (unpaired) electrons. The quantitative estimate of drug-likeness (QED) is 0.890. The Balaban J connectivity index is 1.99. The molecule has 2 rings (SSSR count). The zero-order valence-corrected chi connectivity index (χ0v) is 11.6. The summed E-state index contributed by atoms with van der Waals surface area (Å²) in [6.45, 7) is 9.24. The van der Waals surface area contributed by atoms with Gasteiger partial charge in [-0.3, -0.25) is 4.90 Å². The molecule has 1 aromatic rings. The number of nitrogens with two attached hydrogens (primary N) is 1. The van der Waals surface area contributed by atoms with Gasteiger partial charge in [0.15, 0.2) is 0 Å². The van der Waals surface area contributed by atoms with Crippen LogP contribution in [-0.2, 0) is 4.74 Å². The molecule has 1 heterocycles. The topological polar surface area (TPSA) is 38.5 Å². The van der Waals surface area contributed by atoms with Crippen molar-refractivity contribution in [2.75, 3.05) is 19.6 Å². The van der Waals surface area contributed by atoms with Gasteiger partial charge in [0.2, 0.25) is 0 Å². The zero-order valence-electron chi connectivity index (χ0n) is 11.6. The molecule has 100 valence electrons. The normalized spacial score (nSPS) is 27.1. The molecule has 0 aromatic heterocycles. The molecule has 0 aliphatic carbocycles. The lowest BCUT2D eigenvalue weighted by Crippen LogP contribution is -2.47. The molecule has 3 heteroatoms. The molecule has 1 fully saturated rings. The van der Waals surface area contributed by atoms with Crippen LogP contribution in [0.15, 0.2) is 24.3 Å². The minimum absolute atomic E-state index is 0.0868. The van der Waals surface area contributed by atoms with Crippen LogP contribution >= 0.6 is 0 Å². The van der Waals surface area contributed by atoms with Gasteiger partial charge in [-0.15, -0.1) is 0 Å². The van der Waals surface area contributed by atoms with Gasteiger partial charge in [0.25, 0.3) is 0 Å². The lowest BCUT2D eigenvalue weighted by molar-refractivity contribution is -0.0691. The van der Waals surface area contributed by atoms with Crippen LogP contribution < -0.4 is 5.73 Å². The zero-order chi connectivity index (χ0) is 13.1. The molecule has 0 spiro atoms. The fourth-order valence-electron chi connectivity index (χ4n) is 2.81. The van der Waals surface area contributed by atoms with Gasteiger partial charge in [0.1, 0.15) is 0 Å². The SMILES string of the molecule is Cc1ccccc1C(N)CN1CC(C)OC(C)C1. The first-order valence-electron chi connectivity index (χ1n) is 6.75. The summed E-state index contributed by atoms with van der Waals surface area (Å²) < 4.78 is 5.74. The van der Waals surface area contributed by atoms with E-state index in [1.54, 1.807) is 0 Å². The fraction of sp³-hybridized carbons (Fsp3) is 0.600. The van der Waals surface area contributed by atoms with E-state index in [4.69, 9.17) is 10.5 Å². The molecule has 18 heavy (non-hydrogen) atoms. The number of ether oxygens (including phenoxy) is 1. The second-order valence-electron chi connectivity index (χ2n) is 5.44. The van der Waals surface area contributed by atoms with Crippen LogP contribution in [0.5, 0.6) is 0 Å². The molecule has 2 N–H and O–H groups in total. The van der Waals surface area contributed by atoms with Crippen LogP contribution in [0.4, 0.5) is 0 Å². The van der Waals surface area contributed by atoms with E-state index in [-0.39, 0.29) is 6.04 Å². The Kier molecular flexibility index (Phi) is 4.38. The smallest absolute Gasteiger partial charge is 0.0678 e. The number of hydrogen-bond donors (Lipinski definition) is 1. The second-order valence-corrected chi connectivity index (χ2v) is 5.44. The van der Waals surface area contributed by atoms with Crippen molar-refractivity contribution < 1.29 is 4.74 Å². The molecule has 3 nitrogen and oxygen atoms in total. The van der Waals surface area contributed by atoms with E-state index in [2.05, 4.69) is 49.9 Å². The Morgan fingerprint density at radius 3 is 2.50 bits per heavy atom. The van der Waals surface area contributed by atoms with Gasteiger partial charge in [-0.05, 0) is 31.9 Å². The van der Waals surface area contributed by atoms with Crippen molar-refractivity contribution in [1.82, 2.24) is 4.90 Å². The maximum Gasteiger partial charge on any atom is 0.0678 e. The van der Waals surface area contributed by atoms with E-state index in [0.29, 0.717) is 12.2 Å². The van der Waals surface area contributed by atoms with Crippen LogP contribution in [0.3, 0.4) is 0 Å². The van der Waals surface area contributed by atoms with E-state index in [0.717, 1.165) is 19.6 Å². The van der Waals surface area contributed by atoms with E-state index < -0.39 is 0 Å². The Morgan fingerprint density at radius 2 is 1.89 bits per heavy atom. The molecule has 0 amide bonds. The first-order valence-corrected chi connectivity index (χ1v) is 6.75. The predicted octanol–water partition coefficient (Wildman–Crippen LogP) is 2.10. The number of hydrogen-bond acceptors (Lipinski definition) is 3. The van der Waals surface area contributed by atoms with Crippen molar-refractivity contribution in [3.05, 3.63) is 35.4 Å². The summed E-state index contributed by atoms with van der Waals surface area (Å²) in [7, 11) is 0. The lowest BCUT2D eigenvalue weighted by Gasteiger charge is -2.36. The van der Waals surface area contributed by atoms with Gasteiger partial charge in [-0.2, -0.15) is 0 Å². The molecule has 0 saturated carbocycles. The average molecular weight is 248 g/mol. The molecule has 1 aromatic carbocycles. The van der Waals surface area contributed by atoms with E-state index in [9.17, 15) is 0 Å². The van der Waals surface area contributed by atoms with Gasteiger partial charge in [0, 0.05) is 25.7 Å². The molecule has 0 bridgehead atoms. The lowest BCUT2D eigenvalue weighted by atomic mass is 10.0. The van der Waals surface area contributed by atoms with Crippen molar-refractivity contribution >= 4 is 0 Å². The highest BCUT2D eigenvalue weighted by atomic mass is 16.5. The van der Waals surface area contributed by atoms with Crippen LogP contribution in [0.2, 0.25) is 0 Å². The largest absolute Gasteiger partial charge is 0.373 e. The van der Waals surface area contributed by atoms with Crippen LogP contribution in [0.1, 0.15) is 31.0 Å². The average Bonchev–Trinajstić information content (AvgIpc) is 2.27. The molecule has 3 atom stereocenters. The minimum atomic E-state index is 0.0868. The van der Waals surface area contributed by atoms with Crippen LogP contribution in [0.25, 0.3) is 0 Å². The maximum absolute atomic E-state index is 6.34. The number of rotatable bonds is 3. The minimum Gasteiger partial charge on any atom is -0.373 e. The number of morpholine rings is 1. The van der Waals surface area contributed by atoms with Gasteiger partial charge >= 0.3 is 0 Å². The summed E-state index contributed by atoms with van der Waals surface area (Å²) in [5.41, 5.74) is 8.87. The van der Waals surface area contributed by atoms with E-state index in [1.165, 1.54) is 11.1 Å². The fourth-order valence-corrected chi connectivity index (χ4v) is 2.81. The van der Waals surface area contributed by atoms with Gasteiger partial charge < -0.3 is 10.5 Å². The van der Waals surface area contributed by atoms with E-state index in [1.807, 2.05) is 0 Å². The summed E-state index contributed by atoms with van der Waals surface area (Å²) in [6.07, 6.45) is 0.607. The van der Waals surface area contributed by atoms with Crippen molar-refractivity contribution in [2.45, 2.75) is 39.0 Å². The van der Waals surface area contributed by atoms with Crippen molar-refractivity contribution in [1.29, 1.82) is 0 Å². The van der Waals surface area contributed by atoms with Crippen LogP contribution in [-0.4, -0.2) is 36.7 Å². The Bertz CT molecular complexity index is 384. The molecular weight excluding hydrogens is 224 g/mol. The molecule has 1 saturated heterocycles. The first kappa shape index (κ1) is 13.5. The Hall–Kier alpha value is -0.900. The molecular formula is C15H24N2O. The molecule has 1 aliphatic rings. The Labute approximate surface area is 110 Å². The third-order valence-electron chi connectivity index (χ3n) is 3.54. The van der Waals surface area contributed by atoms with Crippen LogP contribution in [0, 0.1) is 6.92 Å². The summed E-state index contributed by atoms with van der Waals surface area (Å²) in [6, 6.07) is 8.47. The third kappa shape index (κ3) is 3.31. The molecule has 3 unspecified atom stereocenters. The third-order valence-corrected chi connectivity index (χ3v) is 3.54. The number of aryl methyl sites for hydroxylation is 1. The molecule has 1 aliphatic heterocycles. The first-order chi connectivity index (χ1) is 8.56. The highest BCUT2D eigenvalue weighted by molar-refractivity contribution is 5.28. The van der Waals surface area contributed by atoms with Crippen molar-refractivity contribution in [3.63, 3.8) is 0 Å².